The number of halogens is 1. The van der Waals surface area contributed by atoms with Crippen molar-refractivity contribution in [1.82, 2.24) is 0 Å². The van der Waals surface area contributed by atoms with E-state index >= 15 is 0 Å². The number of hydrogen-bond acceptors (Lipinski definition) is 2. The Kier molecular flexibility index (Phi) is 8.17. The third kappa shape index (κ3) is 5.39. The van der Waals surface area contributed by atoms with Crippen molar-refractivity contribution in [3.8, 4) is 0 Å². The van der Waals surface area contributed by atoms with Crippen molar-refractivity contribution >= 4 is 24.2 Å². The molecule has 0 amide bonds. The van der Waals surface area contributed by atoms with Gasteiger partial charge in [0, 0.05) is 12.5 Å². The van der Waals surface area contributed by atoms with E-state index < -0.39 is 0 Å². The number of aliphatic hydroxyl groups excluding tert-OH is 1. The van der Waals surface area contributed by atoms with Crippen LogP contribution in [0.25, 0.3) is 0 Å². The lowest BCUT2D eigenvalue weighted by molar-refractivity contribution is 0.230. The normalized spacial score (nSPS) is 13.5. The number of hydrogen-bond donors (Lipinski definition) is 2. The maximum absolute atomic E-state index is 8.72. The van der Waals surface area contributed by atoms with Crippen LogP contribution in [0.5, 0.6) is 0 Å². The molecule has 0 aliphatic carbocycles. The first-order valence-electron chi connectivity index (χ1n) is 3.62. The van der Waals surface area contributed by atoms with Gasteiger partial charge in [-0.15, -0.1) is 11.6 Å². The van der Waals surface area contributed by atoms with Crippen LogP contribution in [0.4, 0.5) is 0 Å². The number of aliphatic hydroxyl groups is 1. The summed E-state index contributed by atoms with van der Waals surface area (Å²) in [5.41, 5.74) is 0. The van der Waals surface area contributed by atoms with Crippen molar-refractivity contribution in [2.45, 2.75) is 19.3 Å². The third-order valence-corrected chi connectivity index (χ3v) is 2.25. The fourth-order valence-electron chi connectivity index (χ4n) is 0.762. The Balaban J connectivity index is 3.09. The number of thiol groups is 1. The van der Waals surface area contributed by atoms with Gasteiger partial charge in [-0.05, 0) is 24.5 Å². The second-order valence-corrected chi connectivity index (χ2v) is 3.18. The Morgan fingerprint density at radius 3 is 2.50 bits per heavy atom. The molecular weight excluding hydrogens is 168 g/mol. The summed E-state index contributed by atoms with van der Waals surface area (Å²) in [7, 11) is 0. The molecule has 0 radical (unpaired) electrons. The van der Waals surface area contributed by atoms with Gasteiger partial charge < -0.3 is 5.11 Å². The van der Waals surface area contributed by atoms with E-state index in [2.05, 4.69) is 12.6 Å². The van der Waals surface area contributed by atoms with E-state index in [0.29, 0.717) is 11.8 Å². The highest BCUT2D eigenvalue weighted by molar-refractivity contribution is 7.80. The predicted octanol–water partition coefficient (Wildman–Crippen LogP) is 1.93. The van der Waals surface area contributed by atoms with Crippen LogP contribution < -0.4 is 0 Å². The number of rotatable bonds is 6. The summed E-state index contributed by atoms with van der Waals surface area (Å²) in [6, 6.07) is 0. The maximum atomic E-state index is 8.72. The third-order valence-electron chi connectivity index (χ3n) is 1.50. The van der Waals surface area contributed by atoms with Gasteiger partial charge in [0.1, 0.15) is 0 Å². The van der Waals surface area contributed by atoms with E-state index in [1.54, 1.807) is 0 Å². The Bertz CT molecular complexity index is 66.6. The van der Waals surface area contributed by atoms with Gasteiger partial charge in [-0.1, -0.05) is 6.42 Å². The molecule has 0 saturated carbocycles. The van der Waals surface area contributed by atoms with Gasteiger partial charge in [0.15, 0.2) is 0 Å². The van der Waals surface area contributed by atoms with Gasteiger partial charge in [0.05, 0.1) is 0 Å². The van der Waals surface area contributed by atoms with Crippen LogP contribution in [0.15, 0.2) is 0 Å². The first-order chi connectivity index (χ1) is 4.85. The van der Waals surface area contributed by atoms with Gasteiger partial charge in [0.2, 0.25) is 0 Å². The van der Waals surface area contributed by atoms with E-state index in [1.165, 1.54) is 0 Å². The van der Waals surface area contributed by atoms with E-state index in [0.717, 1.165) is 25.0 Å². The van der Waals surface area contributed by atoms with E-state index in [9.17, 15) is 0 Å². The number of alkyl halides is 1. The van der Waals surface area contributed by atoms with Crippen molar-refractivity contribution in [1.29, 1.82) is 0 Å². The zero-order valence-corrected chi connectivity index (χ0v) is 7.74. The Morgan fingerprint density at radius 2 is 2.10 bits per heavy atom. The lowest BCUT2D eigenvalue weighted by atomic mass is 10.1. The first-order valence-corrected chi connectivity index (χ1v) is 4.79. The predicted molar refractivity (Wildman–Crippen MR) is 49.0 cm³/mol. The second kappa shape index (κ2) is 7.70. The lowest BCUT2D eigenvalue weighted by Gasteiger charge is -2.08. The SMILES string of the molecule is OCC(CCl)CCCCS. The molecule has 0 spiro atoms. The van der Waals surface area contributed by atoms with Crippen molar-refractivity contribution in [3.63, 3.8) is 0 Å². The largest absolute Gasteiger partial charge is 0.396 e. The molecule has 1 atom stereocenters. The highest BCUT2D eigenvalue weighted by Crippen LogP contribution is 2.09. The van der Waals surface area contributed by atoms with Crippen LogP contribution in [0, 0.1) is 5.92 Å². The molecule has 1 unspecified atom stereocenters. The fraction of sp³-hybridized carbons (Fsp3) is 1.00. The molecule has 0 aliphatic rings. The highest BCUT2D eigenvalue weighted by atomic mass is 35.5. The number of unbranched alkanes of at least 4 members (excludes halogenated alkanes) is 1. The standard InChI is InChI=1S/C7H15ClOS/c8-5-7(6-9)3-1-2-4-10/h7,9-10H,1-6H2. The van der Waals surface area contributed by atoms with E-state index in [1.807, 2.05) is 0 Å². The second-order valence-electron chi connectivity index (χ2n) is 2.42. The molecule has 0 aromatic carbocycles. The molecule has 3 heteroatoms. The summed E-state index contributed by atoms with van der Waals surface area (Å²) < 4.78 is 0. The van der Waals surface area contributed by atoms with Crippen LogP contribution in [0.1, 0.15) is 19.3 Å². The monoisotopic (exact) mass is 182 g/mol. The zero-order chi connectivity index (χ0) is 7.82. The lowest BCUT2D eigenvalue weighted by Crippen LogP contribution is -2.07. The quantitative estimate of drug-likeness (QED) is 0.366. The first kappa shape index (κ1) is 10.6. The van der Waals surface area contributed by atoms with E-state index in [4.69, 9.17) is 16.7 Å². The van der Waals surface area contributed by atoms with Gasteiger partial charge in [-0.25, -0.2) is 0 Å². The molecule has 0 rings (SSSR count). The molecule has 0 aliphatic heterocycles. The molecule has 0 saturated heterocycles. The summed E-state index contributed by atoms with van der Waals surface area (Å²) in [6.07, 6.45) is 3.28. The van der Waals surface area contributed by atoms with Crippen LogP contribution in [0.3, 0.4) is 0 Å². The molecule has 0 fully saturated rings. The van der Waals surface area contributed by atoms with Crippen LogP contribution in [0.2, 0.25) is 0 Å². The molecule has 10 heavy (non-hydrogen) atoms. The fourth-order valence-corrected chi connectivity index (χ4v) is 1.24. The summed E-state index contributed by atoms with van der Waals surface area (Å²) in [5.74, 6) is 1.80. The van der Waals surface area contributed by atoms with Gasteiger partial charge in [-0.2, -0.15) is 12.6 Å². The van der Waals surface area contributed by atoms with Gasteiger partial charge in [0.25, 0.3) is 0 Å². The zero-order valence-electron chi connectivity index (χ0n) is 6.09. The summed E-state index contributed by atoms with van der Waals surface area (Å²) >= 11 is 9.65. The van der Waals surface area contributed by atoms with Crippen LogP contribution in [-0.2, 0) is 0 Å². The van der Waals surface area contributed by atoms with Gasteiger partial charge in [-0.3, -0.25) is 0 Å². The van der Waals surface area contributed by atoms with Crippen LogP contribution >= 0.6 is 24.2 Å². The van der Waals surface area contributed by atoms with Crippen LogP contribution in [-0.4, -0.2) is 23.3 Å². The Hall–Kier alpha value is 0.600. The molecule has 0 aromatic rings. The van der Waals surface area contributed by atoms with Crippen molar-refractivity contribution in [2.75, 3.05) is 18.2 Å². The molecule has 0 heterocycles. The van der Waals surface area contributed by atoms with Crippen molar-refractivity contribution in [3.05, 3.63) is 0 Å². The summed E-state index contributed by atoms with van der Waals surface area (Å²) in [6.45, 7) is 0.218. The topological polar surface area (TPSA) is 20.2 Å². The summed E-state index contributed by atoms with van der Waals surface area (Å²) in [5, 5.41) is 8.72. The van der Waals surface area contributed by atoms with Crippen molar-refractivity contribution in [2.24, 2.45) is 5.92 Å². The van der Waals surface area contributed by atoms with E-state index in [-0.39, 0.29) is 6.61 Å². The molecule has 0 aromatic heterocycles. The van der Waals surface area contributed by atoms with Gasteiger partial charge >= 0.3 is 0 Å². The molecule has 1 N–H and O–H groups in total. The molecular formula is C7H15ClOS. The minimum absolute atomic E-state index is 0.218. The average molecular weight is 183 g/mol. The minimum atomic E-state index is 0.218. The molecule has 1 nitrogen and oxygen atoms in total. The maximum Gasteiger partial charge on any atom is 0.0470 e. The Labute approximate surface area is 73.2 Å². The molecule has 0 bridgehead atoms. The Morgan fingerprint density at radius 1 is 1.40 bits per heavy atom. The molecule has 62 valence electrons. The highest BCUT2D eigenvalue weighted by Gasteiger charge is 2.03. The van der Waals surface area contributed by atoms with Crippen molar-refractivity contribution < 1.29 is 5.11 Å². The minimum Gasteiger partial charge on any atom is -0.396 e. The average Bonchev–Trinajstić information content (AvgIpc) is 1.99. The summed E-state index contributed by atoms with van der Waals surface area (Å²) in [4.78, 5) is 0. The smallest absolute Gasteiger partial charge is 0.0470 e.